The van der Waals surface area contributed by atoms with Crippen LogP contribution < -0.4 is 5.32 Å². The molecule has 0 saturated carbocycles. The van der Waals surface area contributed by atoms with E-state index in [-0.39, 0.29) is 11.9 Å². The van der Waals surface area contributed by atoms with E-state index in [1.807, 2.05) is 42.0 Å². The van der Waals surface area contributed by atoms with Gasteiger partial charge in [-0.05, 0) is 18.1 Å². The molecule has 1 aromatic heterocycles. The SMILES string of the molecule is C=Cc1cccc2cc(C(=O)NC3CCOC3)n(C)c12. The fourth-order valence-corrected chi connectivity index (χ4v) is 2.74. The summed E-state index contributed by atoms with van der Waals surface area (Å²) in [6.07, 6.45) is 2.70. The Bertz CT molecular complexity index is 666. The third-order valence-electron chi connectivity index (χ3n) is 3.80. The van der Waals surface area contributed by atoms with Crippen LogP contribution >= 0.6 is 0 Å². The molecule has 1 fully saturated rings. The molecular weight excluding hydrogens is 252 g/mol. The van der Waals surface area contributed by atoms with Gasteiger partial charge in [-0.15, -0.1) is 0 Å². The normalized spacial score (nSPS) is 18.4. The third-order valence-corrected chi connectivity index (χ3v) is 3.80. The van der Waals surface area contributed by atoms with Crippen LogP contribution in [0.15, 0.2) is 30.8 Å². The molecule has 0 aliphatic carbocycles. The summed E-state index contributed by atoms with van der Waals surface area (Å²) in [4.78, 5) is 12.4. The van der Waals surface area contributed by atoms with Crippen molar-refractivity contribution in [2.45, 2.75) is 12.5 Å². The Morgan fingerprint density at radius 1 is 1.55 bits per heavy atom. The number of benzene rings is 1. The number of carbonyl (C=O) groups excluding carboxylic acids is 1. The molecular formula is C16H18N2O2. The Balaban J connectivity index is 1.97. The maximum Gasteiger partial charge on any atom is 0.268 e. The van der Waals surface area contributed by atoms with Crippen molar-refractivity contribution in [1.29, 1.82) is 0 Å². The summed E-state index contributed by atoms with van der Waals surface area (Å²) in [5.41, 5.74) is 2.74. The summed E-state index contributed by atoms with van der Waals surface area (Å²) in [5, 5.41) is 4.08. The van der Waals surface area contributed by atoms with Crippen LogP contribution in [0.5, 0.6) is 0 Å². The number of nitrogens with zero attached hydrogens (tertiary/aromatic N) is 1. The monoisotopic (exact) mass is 270 g/mol. The summed E-state index contributed by atoms with van der Waals surface area (Å²) < 4.78 is 7.21. The molecule has 104 valence electrons. The zero-order valence-electron chi connectivity index (χ0n) is 11.6. The first-order chi connectivity index (χ1) is 9.70. The fraction of sp³-hybridized carbons (Fsp3) is 0.312. The average molecular weight is 270 g/mol. The third kappa shape index (κ3) is 2.12. The molecule has 0 bridgehead atoms. The Morgan fingerprint density at radius 3 is 3.10 bits per heavy atom. The largest absolute Gasteiger partial charge is 0.379 e. The molecule has 1 amide bonds. The van der Waals surface area contributed by atoms with Crippen LogP contribution in [-0.2, 0) is 11.8 Å². The van der Waals surface area contributed by atoms with E-state index in [4.69, 9.17) is 4.74 Å². The first kappa shape index (κ1) is 12.9. The van der Waals surface area contributed by atoms with Crippen LogP contribution in [0.4, 0.5) is 0 Å². The van der Waals surface area contributed by atoms with Gasteiger partial charge in [0.2, 0.25) is 0 Å². The number of hydrogen-bond acceptors (Lipinski definition) is 2. The van der Waals surface area contributed by atoms with Crippen LogP contribution in [0.25, 0.3) is 17.0 Å². The van der Waals surface area contributed by atoms with E-state index in [2.05, 4.69) is 11.9 Å². The highest BCUT2D eigenvalue weighted by Crippen LogP contribution is 2.23. The van der Waals surface area contributed by atoms with Gasteiger partial charge in [0.25, 0.3) is 5.91 Å². The summed E-state index contributed by atoms with van der Waals surface area (Å²) in [6, 6.07) is 8.04. The molecule has 1 aliphatic heterocycles. The molecule has 0 spiro atoms. The highest BCUT2D eigenvalue weighted by molar-refractivity contribution is 6.00. The molecule has 3 rings (SSSR count). The van der Waals surface area contributed by atoms with Crippen molar-refractivity contribution < 1.29 is 9.53 Å². The van der Waals surface area contributed by atoms with Gasteiger partial charge in [-0.25, -0.2) is 0 Å². The molecule has 1 aromatic carbocycles. The summed E-state index contributed by atoms with van der Waals surface area (Å²) in [6.45, 7) is 5.16. The van der Waals surface area contributed by atoms with Crippen molar-refractivity contribution in [3.05, 3.63) is 42.1 Å². The molecule has 0 radical (unpaired) electrons. The van der Waals surface area contributed by atoms with E-state index in [1.54, 1.807) is 0 Å². The van der Waals surface area contributed by atoms with E-state index in [1.165, 1.54) is 0 Å². The predicted molar refractivity (Wildman–Crippen MR) is 79.7 cm³/mol. The zero-order valence-corrected chi connectivity index (χ0v) is 11.6. The number of nitrogens with one attached hydrogen (secondary N) is 1. The molecule has 1 saturated heterocycles. The fourth-order valence-electron chi connectivity index (χ4n) is 2.74. The second kappa shape index (κ2) is 5.13. The molecule has 1 N–H and O–H groups in total. The standard InChI is InChI=1S/C16H18N2O2/c1-3-11-5-4-6-12-9-14(18(2)15(11)12)16(19)17-13-7-8-20-10-13/h3-6,9,13H,1,7-8,10H2,2H3,(H,17,19). The lowest BCUT2D eigenvalue weighted by Gasteiger charge is -2.11. The maximum absolute atomic E-state index is 12.4. The minimum Gasteiger partial charge on any atom is -0.379 e. The number of rotatable bonds is 3. The summed E-state index contributed by atoms with van der Waals surface area (Å²) >= 11 is 0. The van der Waals surface area contributed by atoms with Gasteiger partial charge < -0.3 is 14.6 Å². The number of aromatic nitrogens is 1. The summed E-state index contributed by atoms with van der Waals surface area (Å²) in [7, 11) is 1.91. The second-order valence-corrected chi connectivity index (χ2v) is 5.11. The van der Waals surface area contributed by atoms with Gasteiger partial charge in [0.05, 0.1) is 18.2 Å². The van der Waals surface area contributed by atoms with Gasteiger partial charge >= 0.3 is 0 Å². The smallest absolute Gasteiger partial charge is 0.268 e. The Kier molecular flexibility index (Phi) is 3.32. The first-order valence-electron chi connectivity index (χ1n) is 6.80. The number of para-hydroxylation sites is 1. The molecule has 4 nitrogen and oxygen atoms in total. The molecule has 1 atom stereocenters. The number of aryl methyl sites for hydroxylation is 1. The van der Waals surface area contributed by atoms with E-state index in [9.17, 15) is 4.79 Å². The van der Waals surface area contributed by atoms with Gasteiger partial charge in [-0.1, -0.05) is 30.9 Å². The predicted octanol–water partition coefficient (Wildman–Crippen LogP) is 2.34. The van der Waals surface area contributed by atoms with Crippen molar-refractivity contribution in [2.24, 2.45) is 7.05 Å². The minimum absolute atomic E-state index is 0.0470. The topological polar surface area (TPSA) is 43.3 Å². The summed E-state index contributed by atoms with van der Waals surface area (Å²) in [5.74, 6) is -0.0470. The van der Waals surface area contributed by atoms with Gasteiger partial charge in [0.1, 0.15) is 5.69 Å². The molecule has 1 aliphatic rings. The number of fused-ring (bicyclic) bond motifs is 1. The Hall–Kier alpha value is -2.07. The van der Waals surface area contributed by atoms with Crippen molar-refractivity contribution in [2.75, 3.05) is 13.2 Å². The van der Waals surface area contributed by atoms with E-state index in [0.717, 1.165) is 29.5 Å². The Labute approximate surface area is 118 Å². The second-order valence-electron chi connectivity index (χ2n) is 5.11. The number of amides is 1. The van der Waals surface area contributed by atoms with Crippen LogP contribution in [-0.4, -0.2) is 29.7 Å². The lowest BCUT2D eigenvalue weighted by atomic mass is 10.1. The van der Waals surface area contributed by atoms with E-state index >= 15 is 0 Å². The average Bonchev–Trinajstić information content (AvgIpc) is 3.07. The van der Waals surface area contributed by atoms with Gasteiger partial charge in [-0.3, -0.25) is 4.79 Å². The lowest BCUT2D eigenvalue weighted by Crippen LogP contribution is -2.35. The molecule has 1 unspecified atom stereocenters. The minimum atomic E-state index is -0.0470. The number of hydrogen-bond donors (Lipinski definition) is 1. The van der Waals surface area contributed by atoms with Gasteiger partial charge in [0.15, 0.2) is 0 Å². The van der Waals surface area contributed by atoms with Crippen LogP contribution in [0.2, 0.25) is 0 Å². The molecule has 2 heterocycles. The van der Waals surface area contributed by atoms with Crippen molar-refractivity contribution in [1.82, 2.24) is 9.88 Å². The highest BCUT2D eigenvalue weighted by Gasteiger charge is 2.21. The Morgan fingerprint density at radius 2 is 2.40 bits per heavy atom. The van der Waals surface area contributed by atoms with Crippen molar-refractivity contribution >= 4 is 22.9 Å². The zero-order chi connectivity index (χ0) is 14.1. The van der Waals surface area contributed by atoms with Crippen LogP contribution in [0, 0.1) is 0 Å². The van der Waals surface area contributed by atoms with E-state index in [0.29, 0.717) is 12.3 Å². The molecule has 20 heavy (non-hydrogen) atoms. The number of ether oxygens (including phenoxy) is 1. The highest BCUT2D eigenvalue weighted by atomic mass is 16.5. The van der Waals surface area contributed by atoms with Gasteiger partial charge in [0, 0.05) is 19.0 Å². The van der Waals surface area contributed by atoms with Crippen molar-refractivity contribution in [3.8, 4) is 0 Å². The number of carbonyl (C=O) groups is 1. The first-order valence-corrected chi connectivity index (χ1v) is 6.80. The lowest BCUT2D eigenvalue weighted by molar-refractivity contribution is 0.0922. The van der Waals surface area contributed by atoms with Crippen LogP contribution in [0.1, 0.15) is 22.5 Å². The maximum atomic E-state index is 12.4. The van der Waals surface area contributed by atoms with Crippen molar-refractivity contribution in [3.63, 3.8) is 0 Å². The van der Waals surface area contributed by atoms with Gasteiger partial charge in [-0.2, -0.15) is 0 Å². The molecule has 4 heteroatoms. The van der Waals surface area contributed by atoms with E-state index < -0.39 is 0 Å². The van der Waals surface area contributed by atoms with Crippen LogP contribution in [0.3, 0.4) is 0 Å². The molecule has 2 aromatic rings. The quantitative estimate of drug-likeness (QED) is 0.930.